The van der Waals surface area contributed by atoms with Gasteiger partial charge in [-0.05, 0) is 50.6 Å². The number of thiophene rings is 1. The van der Waals surface area contributed by atoms with Gasteiger partial charge in [-0.15, -0.1) is 11.3 Å². The Hall–Kier alpha value is -1.19. The highest BCUT2D eigenvalue weighted by Crippen LogP contribution is 2.24. The number of nitrogens with one attached hydrogen (secondary N) is 1. The zero-order valence-electron chi connectivity index (χ0n) is 10.5. The van der Waals surface area contributed by atoms with Gasteiger partial charge in [0.2, 0.25) is 0 Å². The van der Waals surface area contributed by atoms with E-state index < -0.39 is 0 Å². The fourth-order valence-electron chi connectivity index (χ4n) is 1.89. The zero-order chi connectivity index (χ0) is 12.3. The third-order valence-electron chi connectivity index (χ3n) is 2.89. The molecule has 2 rings (SSSR count). The largest absolute Gasteiger partial charge is 0.303 e. The summed E-state index contributed by atoms with van der Waals surface area (Å²) in [7, 11) is 0. The van der Waals surface area contributed by atoms with Crippen LogP contribution in [0, 0.1) is 6.92 Å². The topological polar surface area (TPSA) is 24.9 Å². The molecule has 0 saturated carbocycles. The highest BCUT2D eigenvalue weighted by Gasteiger charge is 2.12. The molecule has 1 N–H and O–H groups in total. The van der Waals surface area contributed by atoms with Gasteiger partial charge in [0.25, 0.3) is 0 Å². The smallest absolute Gasteiger partial charge is 0.0391 e. The van der Waals surface area contributed by atoms with E-state index in [1.165, 1.54) is 15.3 Å². The fraction of sp³-hybridized carbons (Fsp3) is 0.357. The van der Waals surface area contributed by atoms with Crippen LogP contribution in [0.1, 0.15) is 41.2 Å². The van der Waals surface area contributed by atoms with Gasteiger partial charge in [0.1, 0.15) is 0 Å². The van der Waals surface area contributed by atoms with Crippen molar-refractivity contribution in [2.45, 2.75) is 32.9 Å². The maximum absolute atomic E-state index is 4.04. The molecule has 2 atom stereocenters. The van der Waals surface area contributed by atoms with Crippen molar-refractivity contribution in [3.8, 4) is 0 Å². The van der Waals surface area contributed by atoms with Crippen molar-refractivity contribution in [1.82, 2.24) is 10.3 Å². The Labute approximate surface area is 107 Å². The van der Waals surface area contributed by atoms with Crippen molar-refractivity contribution >= 4 is 11.3 Å². The normalized spacial score (nSPS) is 14.5. The van der Waals surface area contributed by atoms with Gasteiger partial charge in [-0.3, -0.25) is 4.98 Å². The second-order valence-electron chi connectivity index (χ2n) is 4.34. The van der Waals surface area contributed by atoms with Crippen LogP contribution >= 0.6 is 11.3 Å². The van der Waals surface area contributed by atoms with E-state index in [1.807, 2.05) is 23.7 Å². The molecule has 0 bridgehead atoms. The molecule has 0 saturated heterocycles. The molecule has 0 aliphatic carbocycles. The Kier molecular flexibility index (Phi) is 3.92. The first-order valence-corrected chi connectivity index (χ1v) is 6.71. The molecular formula is C14H18N2S. The Morgan fingerprint density at radius 1 is 1.06 bits per heavy atom. The summed E-state index contributed by atoms with van der Waals surface area (Å²) in [6, 6.07) is 9.23. The van der Waals surface area contributed by atoms with Crippen molar-refractivity contribution in [2.24, 2.45) is 0 Å². The summed E-state index contributed by atoms with van der Waals surface area (Å²) in [4.78, 5) is 6.80. The van der Waals surface area contributed by atoms with Gasteiger partial charge in [0.15, 0.2) is 0 Å². The quantitative estimate of drug-likeness (QED) is 0.886. The lowest BCUT2D eigenvalue weighted by Crippen LogP contribution is -2.21. The Morgan fingerprint density at radius 3 is 2.35 bits per heavy atom. The minimum Gasteiger partial charge on any atom is -0.303 e. The molecule has 1 unspecified atom stereocenters. The number of pyridine rings is 1. The lowest BCUT2D eigenvalue weighted by molar-refractivity contribution is 0.500. The Morgan fingerprint density at radius 2 is 1.76 bits per heavy atom. The van der Waals surface area contributed by atoms with Crippen molar-refractivity contribution in [3.63, 3.8) is 0 Å². The first-order chi connectivity index (χ1) is 8.16. The van der Waals surface area contributed by atoms with Crippen LogP contribution in [0.5, 0.6) is 0 Å². The van der Waals surface area contributed by atoms with E-state index in [-0.39, 0.29) is 0 Å². The van der Waals surface area contributed by atoms with Crippen LogP contribution in [0.3, 0.4) is 0 Å². The lowest BCUT2D eigenvalue weighted by atomic mass is 10.1. The number of aromatic nitrogens is 1. The molecule has 3 heteroatoms. The molecule has 2 heterocycles. The highest BCUT2D eigenvalue weighted by molar-refractivity contribution is 7.12. The first kappa shape index (κ1) is 12.3. The number of aryl methyl sites for hydroxylation is 1. The summed E-state index contributed by atoms with van der Waals surface area (Å²) in [6.07, 6.45) is 3.68. The van der Waals surface area contributed by atoms with Crippen molar-refractivity contribution in [3.05, 3.63) is 52.0 Å². The predicted molar refractivity (Wildman–Crippen MR) is 73.3 cm³/mol. The van der Waals surface area contributed by atoms with Crippen LogP contribution in [-0.2, 0) is 0 Å². The van der Waals surface area contributed by atoms with E-state index in [1.54, 1.807) is 0 Å². The molecule has 0 aromatic carbocycles. The second-order valence-corrected chi connectivity index (χ2v) is 5.66. The molecule has 90 valence electrons. The van der Waals surface area contributed by atoms with Gasteiger partial charge in [-0.2, -0.15) is 0 Å². The van der Waals surface area contributed by atoms with E-state index in [0.717, 1.165) is 0 Å². The summed E-state index contributed by atoms with van der Waals surface area (Å²) in [5, 5.41) is 3.61. The standard InChI is InChI=1S/C14H18N2S/c1-10-4-5-14(17-10)12(3)16-11(2)13-6-8-15-9-7-13/h4-9,11-12,16H,1-3H3/t11-,12?/m1/s1. The van der Waals surface area contributed by atoms with Crippen molar-refractivity contribution < 1.29 is 0 Å². The van der Waals surface area contributed by atoms with Gasteiger partial charge in [0.05, 0.1) is 0 Å². The van der Waals surface area contributed by atoms with E-state index in [4.69, 9.17) is 0 Å². The molecule has 0 amide bonds. The van der Waals surface area contributed by atoms with Crippen LogP contribution in [0.25, 0.3) is 0 Å². The van der Waals surface area contributed by atoms with Crippen molar-refractivity contribution in [2.75, 3.05) is 0 Å². The summed E-state index contributed by atoms with van der Waals surface area (Å²) in [5.74, 6) is 0. The molecule has 0 spiro atoms. The maximum Gasteiger partial charge on any atom is 0.0391 e. The summed E-state index contributed by atoms with van der Waals surface area (Å²) in [5.41, 5.74) is 1.28. The van der Waals surface area contributed by atoms with E-state index in [2.05, 4.69) is 55.3 Å². The predicted octanol–water partition coefficient (Wildman–Crippen LogP) is 3.86. The third-order valence-corrected chi connectivity index (χ3v) is 4.08. The molecule has 17 heavy (non-hydrogen) atoms. The SMILES string of the molecule is Cc1ccc(C(C)N[C@H](C)c2ccncc2)s1. The van der Waals surface area contributed by atoms with E-state index >= 15 is 0 Å². The monoisotopic (exact) mass is 246 g/mol. The van der Waals surface area contributed by atoms with E-state index in [0.29, 0.717) is 12.1 Å². The molecule has 2 aromatic rings. The lowest BCUT2D eigenvalue weighted by Gasteiger charge is -2.19. The van der Waals surface area contributed by atoms with Crippen LogP contribution in [0.2, 0.25) is 0 Å². The van der Waals surface area contributed by atoms with Gasteiger partial charge >= 0.3 is 0 Å². The van der Waals surface area contributed by atoms with Gasteiger partial charge in [-0.1, -0.05) is 0 Å². The summed E-state index contributed by atoms with van der Waals surface area (Å²) < 4.78 is 0. The van der Waals surface area contributed by atoms with Gasteiger partial charge in [0, 0.05) is 34.2 Å². The molecule has 0 radical (unpaired) electrons. The minimum atomic E-state index is 0.343. The van der Waals surface area contributed by atoms with Gasteiger partial charge < -0.3 is 5.32 Å². The first-order valence-electron chi connectivity index (χ1n) is 5.89. The number of rotatable bonds is 4. The van der Waals surface area contributed by atoms with Crippen LogP contribution in [0.15, 0.2) is 36.7 Å². The molecule has 0 aliphatic heterocycles. The van der Waals surface area contributed by atoms with E-state index in [9.17, 15) is 0 Å². The highest BCUT2D eigenvalue weighted by atomic mass is 32.1. The molecule has 2 nitrogen and oxygen atoms in total. The number of hydrogen-bond donors (Lipinski definition) is 1. The average molecular weight is 246 g/mol. The van der Waals surface area contributed by atoms with Crippen LogP contribution in [0.4, 0.5) is 0 Å². The number of nitrogens with zero attached hydrogens (tertiary/aromatic N) is 1. The zero-order valence-corrected chi connectivity index (χ0v) is 11.3. The molecular weight excluding hydrogens is 228 g/mol. The summed E-state index contributed by atoms with van der Waals surface area (Å²) in [6.45, 7) is 6.54. The summed E-state index contributed by atoms with van der Waals surface area (Å²) >= 11 is 1.86. The maximum atomic E-state index is 4.04. The average Bonchev–Trinajstić information content (AvgIpc) is 2.77. The van der Waals surface area contributed by atoms with Gasteiger partial charge in [-0.25, -0.2) is 0 Å². The second kappa shape index (κ2) is 5.43. The Balaban J connectivity index is 2.02. The molecule has 0 fully saturated rings. The molecule has 0 aliphatic rings. The third kappa shape index (κ3) is 3.14. The van der Waals surface area contributed by atoms with Crippen LogP contribution in [-0.4, -0.2) is 4.98 Å². The van der Waals surface area contributed by atoms with Crippen LogP contribution < -0.4 is 5.32 Å². The molecule has 2 aromatic heterocycles. The van der Waals surface area contributed by atoms with Crippen molar-refractivity contribution in [1.29, 1.82) is 0 Å². The minimum absolute atomic E-state index is 0.343. The number of hydrogen-bond acceptors (Lipinski definition) is 3. The fourth-order valence-corrected chi connectivity index (χ4v) is 2.78. The Bertz CT molecular complexity index is 464.